The quantitative estimate of drug-likeness (QED) is 0.508. The Balaban J connectivity index is 2.46. The summed E-state index contributed by atoms with van der Waals surface area (Å²) in [5.74, 6) is -3.00. The molecule has 0 aliphatic rings. The van der Waals surface area contributed by atoms with Crippen molar-refractivity contribution in [2.75, 3.05) is 6.79 Å². The van der Waals surface area contributed by atoms with Gasteiger partial charge in [0.25, 0.3) is 0 Å². The van der Waals surface area contributed by atoms with Crippen LogP contribution in [0.4, 0.5) is 0 Å². The number of carbonyl (C=O) groups is 2. The molecule has 5 nitrogen and oxygen atoms in total. The van der Waals surface area contributed by atoms with E-state index in [1.807, 2.05) is 0 Å². The maximum Gasteiger partial charge on any atom is 0.419 e. The Morgan fingerprint density at radius 2 is 2.06 bits per heavy atom. The first-order valence-corrected chi connectivity index (χ1v) is 5.16. The molecule has 1 aromatic carbocycles. The monoisotopic (exact) mass is 258 g/mol. The molecule has 0 aromatic heterocycles. The van der Waals surface area contributed by atoms with Crippen LogP contribution in [0.1, 0.15) is 18.6 Å². The molecular weight excluding hydrogens is 248 g/mol. The van der Waals surface area contributed by atoms with Gasteiger partial charge in [-0.25, -0.2) is 9.59 Å². The number of benzene rings is 1. The van der Waals surface area contributed by atoms with Gasteiger partial charge in [-0.1, -0.05) is 29.8 Å². The van der Waals surface area contributed by atoms with E-state index in [0.29, 0.717) is 5.02 Å². The number of hydrogen-bond acceptors (Lipinski definition) is 4. The van der Waals surface area contributed by atoms with Crippen molar-refractivity contribution in [1.29, 1.82) is 0 Å². The Labute approximate surface area is 103 Å². The van der Waals surface area contributed by atoms with Crippen LogP contribution in [-0.2, 0) is 19.1 Å². The highest BCUT2D eigenvalue weighted by Gasteiger charge is 2.14. The van der Waals surface area contributed by atoms with E-state index in [2.05, 4.69) is 4.74 Å². The van der Waals surface area contributed by atoms with E-state index >= 15 is 0 Å². The van der Waals surface area contributed by atoms with Crippen LogP contribution in [-0.4, -0.2) is 23.8 Å². The average Bonchev–Trinajstić information content (AvgIpc) is 2.29. The minimum atomic E-state index is -1.65. The predicted octanol–water partition coefficient (Wildman–Crippen LogP) is 2.00. The Bertz CT molecular complexity index is 418. The van der Waals surface area contributed by atoms with Gasteiger partial charge >= 0.3 is 11.9 Å². The lowest BCUT2D eigenvalue weighted by Gasteiger charge is -2.14. The SMILES string of the molecule is CC(OCOC(=O)C(=O)O)c1ccccc1Cl. The number of rotatable bonds is 4. The number of ether oxygens (including phenoxy) is 2. The van der Waals surface area contributed by atoms with Gasteiger partial charge in [0, 0.05) is 5.02 Å². The molecule has 0 amide bonds. The third kappa shape index (κ3) is 4.05. The van der Waals surface area contributed by atoms with E-state index in [4.69, 9.17) is 21.4 Å². The molecule has 1 unspecified atom stereocenters. The van der Waals surface area contributed by atoms with Crippen LogP contribution in [0.5, 0.6) is 0 Å². The smallest absolute Gasteiger partial charge is 0.419 e. The van der Waals surface area contributed by atoms with Crippen LogP contribution in [0, 0.1) is 0 Å². The summed E-state index contributed by atoms with van der Waals surface area (Å²) in [6.45, 7) is 1.29. The molecule has 0 saturated carbocycles. The van der Waals surface area contributed by atoms with Crippen LogP contribution in [0.2, 0.25) is 5.02 Å². The molecule has 17 heavy (non-hydrogen) atoms. The standard InChI is InChI=1S/C11H11ClO5/c1-7(8-4-2-3-5-9(8)12)16-6-17-11(15)10(13)14/h2-5,7H,6H2,1H3,(H,13,14). The van der Waals surface area contributed by atoms with Crippen molar-refractivity contribution in [2.45, 2.75) is 13.0 Å². The zero-order valence-corrected chi connectivity index (χ0v) is 9.81. The van der Waals surface area contributed by atoms with Crippen molar-refractivity contribution in [3.8, 4) is 0 Å². The van der Waals surface area contributed by atoms with E-state index < -0.39 is 24.8 Å². The zero-order valence-electron chi connectivity index (χ0n) is 9.05. The summed E-state index contributed by atoms with van der Waals surface area (Å²) in [6, 6.07) is 7.05. The number of carbonyl (C=O) groups excluding carboxylic acids is 1. The van der Waals surface area contributed by atoms with Crippen molar-refractivity contribution in [1.82, 2.24) is 0 Å². The molecule has 1 aromatic rings. The van der Waals surface area contributed by atoms with Crippen LogP contribution >= 0.6 is 11.6 Å². The maximum absolute atomic E-state index is 10.6. The summed E-state index contributed by atoms with van der Waals surface area (Å²) in [7, 11) is 0. The largest absolute Gasteiger partial charge is 0.473 e. The lowest BCUT2D eigenvalue weighted by Crippen LogP contribution is -2.18. The second kappa shape index (κ2) is 6.22. The van der Waals surface area contributed by atoms with E-state index in [1.165, 1.54) is 0 Å². The molecule has 92 valence electrons. The lowest BCUT2D eigenvalue weighted by molar-refractivity contribution is -0.174. The van der Waals surface area contributed by atoms with Gasteiger partial charge in [-0.05, 0) is 18.6 Å². The Hall–Kier alpha value is -1.59. The molecule has 1 rings (SSSR count). The first-order chi connectivity index (χ1) is 8.02. The summed E-state index contributed by atoms with van der Waals surface area (Å²) in [4.78, 5) is 20.7. The molecule has 0 spiro atoms. The number of aliphatic carboxylic acids is 1. The van der Waals surface area contributed by atoms with Gasteiger partial charge < -0.3 is 14.6 Å². The van der Waals surface area contributed by atoms with E-state index in [9.17, 15) is 9.59 Å². The summed E-state index contributed by atoms with van der Waals surface area (Å²) in [5, 5.41) is 8.79. The van der Waals surface area contributed by atoms with Crippen LogP contribution < -0.4 is 0 Å². The molecule has 1 N–H and O–H groups in total. The van der Waals surface area contributed by atoms with Crippen molar-refractivity contribution in [3.05, 3.63) is 34.9 Å². The predicted molar refractivity (Wildman–Crippen MR) is 59.5 cm³/mol. The highest BCUT2D eigenvalue weighted by Crippen LogP contribution is 2.24. The summed E-state index contributed by atoms with van der Waals surface area (Å²) >= 11 is 5.93. The molecule has 0 aliphatic heterocycles. The third-order valence-corrected chi connectivity index (χ3v) is 2.37. The molecule has 1 atom stereocenters. The molecule has 0 saturated heterocycles. The van der Waals surface area contributed by atoms with Crippen LogP contribution in [0.15, 0.2) is 24.3 Å². The highest BCUT2D eigenvalue weighted by atomic mass is 35.5. The fraction of sp³-hybridized carbons (Fsp3) is 0.273. The first kappa shape index (κ1) is 13.5. The van der Waals surface area contributed by atoms with Gasteiger partial charge in [-0.3, -0.25) is 0 Å². The number of halogens is 1. The van der Waals surface area contributed by atoms with Crippen LogP contribution in [0.25, 0.3) is 0 Å². The normalized spacial score (nSPS) is 11.9. The summed E-state index contributed by atoms with van der Waals surface area (Å²) < 4.78 is 9.47. The van der Waals surface area contributed by atoms with Crippen molar-refractivity contribution in [2.24, 2.45) is 0 Å². The number of carboxylic acids is 1. The molecule has 0 aliphatic carbocycles. The Kier molecular flexibility index (Phi) is 4.93. The maximum atomic E-state index is 10.6. The highest BCUT2D eigenvalue weighted by molar-refractivity contribution is 6.31. The summed E-state index contributed by atoms with van der Waals surface area (Å²) in [5.41, 5.74) is 0.737. The Morgan fingerprint density at radius 3 is 2.65 bits per heavy atom. The van der Waals surface area contributed by atoms with Gasteiger partial charge in [0.2, 0.25) is 0 Å². The van der Waals surface area contributed by atoms with Gasteiger partial charge in [-0.15, -0.1) is 0 Å². The van der Waals surface area contributed by atoms with Gasteiger partial charge in [0.05, 0.1) is 6.10 Å². The topological polar surface area (TPSA) is 72.8 Å². The lowest BCUT2D eigenvalue weighted by atomic mass is 10.1. The van der Waals surface area contributed by atoms with E-state index in [1.54, 1.807) is 31.2 Å². The summed E-state index contributed by atoms with van der Waals surface area (Å²) in [6.07, 6.45) is -0.398. The first-order valence-electron chi connectivity index (χ1n) is 4.78. The number of esters is 1. The van der Waals surface area contributed by atoms with E-state index in [0.717, 1.165) is 5.56 Å². The molecule has 0 fully saturated rings. The van der Waals surface area contributed by atoms with Crippen molar-refractivity contribution in [3.63, 3.8) is 0 Å². The molecule has 0 radical (unpaired) electrons. The van der Waals surface area contributed by atoms with Crippen molar-refractivity contribution < 1.29 is 24.2 Å². The second-order valence-corrected chi connectivity index (χ2v) is 3.59. The van der Waals surface area contributed by atoms with Gasteiger partial charge in [-0.2, -0.15) is 0 Å². The number of carboxylic acid groups (broad SMARTS) is 1. The van der Waals surface area contributed by atoms with Gasteiger partial charge in [0.1, 0.15) is 0 Å². The third-order valence-electron chi connectivity index (χ3n) is 2.03. The Morgan fingerprint density at radius 1 is 1.41 bits per heavy atom. The fourth-order valence-corrected chi connectivity index (χ4v) is 1.44. The van der Waals surface area contributed by atoms with Crippen molar-refractivity contribution >= 4 is 23.5 Å². The van der Waals surface area contributed by atoms with Crippen LogP contribution in [0.3, 0.4) is 0 Å². The second-order valence-electron chi connectivity index (χ2n) is 3.19. The zero-order chi connectivity index (χ0) is 12.8. The minimum absolute atomic E-state index is 0.398. The molecular formula is C11H11ClO5. The molecule has 0 heterocycles. The van der Waals surface area contributed by atoms with E-state index in [-0.39, 0.29) is 0 Å². The average molecular weight is 259 g/mol. The molecule has 0 bridgehead atoms. The number of hydrogen-bond donors (Lipinski definition) is 1. The minimum Gasteiger partial charge on any atom is -0.473 e. The fourth-order valence-electron chi connectivity index (χ4n) is 1.15. The molecule has 6 heteroatoms. The van der Waals surface area contributed by atoms with Gasteiger partial charge in [0.15, 0.2) is 6.79 Å².